The van der Waals surface area contributed by atoms with Crippen molar-refractivity contribution in [1.29, 1.82) is 0 Å². The van der Waals surface area contributed by atoms with Crippen molar-refractivity contribution in [3.8, 4) is 0 Å². The lowest BCUT2D eigenvalue weighted by molar-refractivity contribution is 1.11. The molecule has 0 aliphatic carbocycles. The number of rotatable bonds is 1. The number of aromatic nitrogens is 2. The first-order chi connectivity index (χ1) is 5.81. The summed E-state index contributed by atoms with van der Waals surface area (Å²) in [5.41, 5.74) is 7.31. The Bertz CT molecular complexity index is 404. The molecule has 1 aromatic carbocycles. The van der Waals surface area contributed by atoms with Crippen LogP contribution in [0, 0.1) is 0 Å². The summed E-state index contributed by atoms with van der Waals surface area (Å²) in [7, 11) is 1.84. The molecule has 0 radical (unpaired) electrons. The van der Waals surface area contributed by atoms with Crippen LogP contribution < -0.4 is 11.1 Å². The highest BCUT2D eigenvalue weighted by atomic mass is 15.2. The van der Waals surface area contributed by atoms with Crippen LogP contribution in [0.1, 0.15) is 0 Å². The van der Waals surface area contributed by atoms with E-state index in [0.717, 1.165) is 22.4 Å². The SMILES string of the molecule is CNc1n[nH]c2cc(N)ccc12. The Balaban J connectivity index is 2.73. The topological polar surface area (TPSA) is 66.7 Å². The highest BCUT2D eigenvalue weighted by molar-refractivity contribution is 5.91. The van der Waals surface area contributed by atoms with E-state index in [-0.39, 0.29) is 0 Å². The van der Waals surface area contributed by atoms with E-state index in [9.17, 15) is 0 Å². The fourth-order valence-corrected chi connectivity index (χ4v) is 1.23. The maximum Gasteiger partial charge on any atom is 0.155 e. The molecular formula is C8H10N4. The Hall–Kier alpha value is -1.71. The first-order valence-corrected chi connectivity index (χ1v) is 3.72. The van der Waals surface area contributed by atoms with Crippen molar-refractivity contribution >= 4 is 22.4 Å². The second-order valence-corrected chi connectivity index (χ2v) is 2.63. The molecule has 0 unspecified atom stereocenters. The van der Waals surface area contributed by atoms with Gasteiger partial charge in [-0.2, -0.15) is 5.10 Å². The van der Waals surface area contributed by atoms with Crippen LogP contribution in [-0.4, -0.2) is 17.2 Å². The Morgan fingerprint density at radius 2 is 2.33 bits per heavy atom. The standard InChI is InChI=1S/C8H10N4/c1-10-8-6-3-2-5(9)4-7(6)11-12-8/h2-4H,9H2,1H3,(H2,10,11,12). The number of nitrogens with zero attached hydrogens (tertiary/aromatic N) is 1. The molecular weight excluding hydrogens is 152 g/mol. The Kier molecular flexibility index (Phi) is 1.40. The van der Waals surface area contributed by atoms with E-state index in [0.29, 0.717) is 0 Å². The second kappa shape index (κ2) is 2.41. The first kappa shape index (κ1) is 6.97. The molecule has 0 aliphatic heterocycles. The highest BCUT2D eigenvalue weighted by Crippen LogP contribution is 2.21. The maximum atomic E-state index is 5.61. The minimum absolute atomic E-state index is 0.744. The summed E-state index contributed by atoms with van der Waals surface area (Å²) < 4.78 is 0. The van der Waals surface area contributed by atoms with Crippen molar-refractivity contribution in [3.63, 3.8) is 0 Å². The summed E-state index contributed by atoms with van der Waals surface area (Å²) >= 11 is 0. The fraction of sp³-hybridized carbons (Fsp3) is 0.125. The van der Waals surface area contributed by atoms with Gasteiger partial charge in [-0.15, -0.1) is 0 Å². The van der Waals surface area contributed by atoms with Crippen LogP contribution in [0.3, 0.4) is 0 Å². The molecule has 0 aliphatic rings. The van der Waals surface area contributed by atoms with Gasteiger partial charge in [0, 0.05) is 18.1 Å². The van der Waals surface area contributed by atoms with E-state index >= 15 is 0 Å². The smallest absolute Gasteiger partial charge is 0.155 e. The molecule has 0 fully saturated rings. The van der Waals surface area contributed by atoms with Crippen molar-refractivity contribution in [2.75, 3.05) is 18.1 Å². The van der Waals surface area contributed by atoms with Gasteiger partial charge < -0.3 is 11.1 Å². The van der Waals surface area contributed by atoms with Gasteiger partial charge in [0.15, 0.2) is 5.82 Å². The molecule has 1 heterocycles. The average molecular weight is 162 g/mol. The molecule has 4 nitrogen and oxygen atoms in total. The molecule has 0 saturated carbocycles. The molecule has 0 amide bonds. The highest BCUT2D eigenvalue weighted by Gasteiger charge is 2.02. The van der Waals surface area contributed by atoms with Crippen LogP contribution in [0.25, 0.3) is 10.9 Å². The van der Waals surface area contributed by atoms with Gasteiger partial charge in [-0.05, 0) is 18.2 Å². The number of fused-ring (bicyclic) bond motifs is 1. The van der Waals surface area contributed by atoms with E-state index in [4.69, 9.17) is 5.73 Å². The predicted molar refractivity (Wildman–Crippen MR) is 50.1 cm³/mol. The summed E-state index contributed by atoms with van der Waals surface area (Å²) in [5, 5.41) is 11.0. The third kappa shape index (κ3) is 0.887. The van der Waals surface area contributed by atoms with Crippen molar-refractivity contribution in [2.24, 2.45) is 0 Å². The molecule has 12 heavy (non-hydrogen) atoms. The van der Waals surface area contributed by atoms with Gasteiger partial charge in [0.2, 0.25) is 0 Å². The lowest BCUT2D eigenvalue weighted by atomic mass is 10.2. The minimum atomic E-state index is 0.744. The molecule has 2 rings (SSSR count). The van der Waals surface area contributed by atoms with E-state index in [1.54, 1.807) is 0 Å². The van der Waals surface area contributed by atoms with E-state index in [1.165, 1.54) is 0 Å². The van der Waals surface area contributed by atoms with Gasteiger partial charge in [-0.1, -0.05) is 0 Å². The number of H-pyrrole nitrogens is 1. The predicted octanol–water partition coefficient (Wildman–Crippen LogP) is 1.19. The van der Waals surface area contributed by atoms with Gasteiger partial charge in [0.1, 0.15) is 0 Å². The molecule has 0 spiro atoms. The zero-order chi connectivity index (χ0) is 8.55. The van der Waals surface area contributed by atoms with Gasteiger partial charge in [0.25, 0.3) is 0 Å². The van der Waals surface area contributed by atoms with Gasteiger partial charge in [0.05, 0.1) is 5.52 Å². The van der Waals surface area contributed by atoms with Gasteiger partial charge >= 0.3 is 0 Å². The zero-order valence-corrected chi connectivity index (χ0v) is 6.76. The van der Waals surface area contributed by atoms with Crippen LogP contribution in [0.2, 0.25) is 0 Å². The lowest BCUT2D eigenvalue weighted by Gasteiger charge is -1.94. The van der Waals surface area contributed by atoms with Gasteiger partial charge in [-0.3, -0.25) is 5.10 Å². The fourth-order valence-electron chi connectivity index (χ4n) is 1.23. The lowest BCUT2D eigenvalue weighted by Crippen LogP contribution is -1.87. The van der Waals surface area contributed by atoms with Crippen LogP contribution in [0.5, 0.6) is 0 Å². The molecule has 0 saturated heterocycles. The number of anilines is 2. The Morgan fingerprint density at radius 1 is 1.50 bits per heavy atom. The number of hydrogen-bond donors (Lipinski definition) is 3. The number of benzene rings is 1. The monoisotopic (exact) mass is 162 g/mol. The van der Waals surface area contributed by atoms with Crippen molar-refractivity contribution < 1.29 is 0 Å². The van der Waals surface area contributed by atoms with Crippen LogP contribution in [0.4, 0.5) is 11.5 Å². The number of nitrogens with two attached hydrogens (primary N) is 1. The van der Waals surface area contributed by atoms with Crippen LogP contribution >= 0.6 is 0 Å². The maximum absolute atomic E-state index is 5.61. The number of nitrogens with one attached hydrogen (secondary N) is 2. The molecule has 1 aromatic heterocycles. The molecule has 2 aromatic rings. The second-order valence-electron chi connectivity index (χ2n) is 2.63. The van der Waals surface area contributed by atoms with E-state index in [2.05, 4.69) is 15.5 Å². The summed E-state index contributed by atoms with van der Waals surface area (Å²) in [6.45, 7) is 0. The van der Waals surface area contributed by atoms with Crippen molar-refractivity contribution in [1.82, 2.24) is 10.2 Å². The Morgan fingerprint density at radius 3 is 3.08 bits per heavy atom. The normalized spacial score (nSPS) is 10.4. The minimum Gasteiger partial charge on any atom is -0.399 e. The van der Waals surface area contributed by atoms with Crippen molar-refractivity contribution in [3.05, 3.63) is 18.2 Å². The zero-order valence-electron chi connectivity index (χ0n) is 6.76. The number of hydrogen-bond acceptors (Lipinski definition) is 3. The third-order valence-corrected chi connectivity index (χ3v) is 1.82. The van der Waals surface area contributed by atoms with Gasteiger partial charge in [-0.25, -0.2) is 0 Å². The van der Waals surface area contributed by atoms with Crippen LogP contribution in [-0.2, 0) is 0 Å². The molecule has 0 atom stereocenters. The third-order valence-electron chi connectivity index (χ3n) is 1.82. The summed E-state index contributed by atoms with van der Waals surface area (Å²) in [6, 6.07) is 5.67. The van der Waals surface area contributed by atoms with E-state index in [1.807, 2.05) is 25.2 Å². The number of nitrogen functional groups attached to an aromatic ring is 1. The van der Waals surface area contributed by atoms with Crippen molar-refractivity contribution in [2.45, 2.75) is 0 Å². The quantitative estimate of drug-likeness (QED) is 0.552. The summed E-state index contributed by atoms with van der Waals surface area (Å²) in [4.78, 5) is 0. The van der Waals surface area contributed by atoms with Crippen LogP contribution in [0.15, 0.2) is 18.2 Å². The summed E-state index contributed by atoms with van der Waals surface area (Å²) in [5.74, 6) is 0.852. The molecule has 4 N–H and O–H groups in total. The molecule has 62 valence electrons. The molecule has 0 bridgehead atoms. The summed E-state index contributed by atoms with van der Waals surface area (Å²) in [6.07, 6.45) is 0. The average Bonchev–Trinajstić information content (AvgIpc) is 2.46. The molecule has 4 heteroatoms. The Labute approximate surface area is 69.8 Å². The first-order valence-electron chi connectivity index (χ1n) is 3.72. The largest absolute Gasteiger partial charge is 0.399 e. The van der Waals surface area contributed by atoms with E-state index < -0.39 is 0 Å². The number of aromatic amines is 1.